The van der Waals surface area contributed by atoms with E-state index in [4.69, 9.17) is 0 Å². The summed E-state index contributed by atoms with van der Waals surface area (Å²) in [5, 5.41) is 5.12. The topological polar surface area (TPSA) is 71.1 Å². The number of likely N-dealkylation sites (N-methyl/N-ethyl adjacent to an activating group) is 1. The Morgan fingerprint density at radius 2 is 1.90 bits per heavy atom. The van der Waals surface area contributed by atoms with E-state index in [1.165, 1.54) is 12.3 Å². The molecule has 0 aliphatic carbocycles. The lowest BCUT2D eigenvalue weighted by atomic mass is 10.1. The number of pyridine rings is 1. The van der Waals surface area contributed by atoms with E-state index in [9.17, 15) is 14.0 Å². The third-order valence-corrected chi connectivity index (χ3v) is 2.87. The van der Waals surface area contributed by atoms with Crippen LogP contribution >= 0.6 is 0 Å². The number of anilines is 1. The summed E-state index contributed by atoms with van der Waals surface area (Å²) in [5.74, 6) is -1.31. The average Bonchev–Trinajstić information content (AvgIpc) is 2.49. The van der Waals surface area contributed by atoms with Gasteiger partial charge in [-0.25, -0.2) is 4.39 Å². The molecule has 0 saturated heterocycles. The summed E-state index contributed by atoms with van der Waals surface area (Å²) >= 11 is 0. The summed E-state index contributed by atoms with van der Waals surface area (Å²) in [6.07, 6.45) is 2.61. The van der Waals surface area contributed by atoms with E-state index < -0.39 is 11.7 Å². The van der Waals surface area contributed by atoms with Gasteiger partial charge in [-0.1, -0.05) is 12.1 Å². The molecule has 2 amide bonds. The van der Waals surface area contributed by atoms with Crippen LogP contribution in [0.2, 0.25) is 0 Å². The van der Waals surface area contributed by atoms with Gasteiger partial charge in [0.15, 0.2) is 5.82 Å². The van der Waals surface area contributed by atoms with Crippen molar-refractivity contribution in [1.82, 2.24) is 10.3 Å². The minimum absolute atomic E-state index is 0.0700. The monoisotopic (exact) mass is 287 g/mol. The van der Waals surface area contributed by atoms with Crippen LogP contribution in [-0.2, 0) is 11.2 Å². The number of benzene rings is 1. The molecular formula is C15H14FN3O2. The highest BCUT2D eigenvalue weighted by molar-refractivity contribution is 6.04. The Morgan fingerprint density at radius 1 is 1.19 bits per heavy atom. The van der Waals surface area contributed by atoms with E-state index in [1.807, 2.05) is 0 Å². The van der Waals surface area contributed by atoms with Crippen molar-refractivity contribution in [1.29, 1.82) is 0 Å². The van der Waals surface area contributed by atoms with Crippen LogP contribution in [0.3, 0.4) is 0 Å². The molecule has 0 fully saturated rings. The van der Waals surface area contributed by atoms with Crippen LogP contribution in [0.25, 0.3) is 0 Å². The van der Waals surface area contributed by atoms with Crippen molar-refractivity contribution in [2.24, 2.45) is 0 Å². The molecule has 2 aromatic rings. The normalized spacial score (nSPS) is 10.0. The molecule has 0 aliphatic heterocycles. The number of carbonyl (C=O) groups is 2. The number of halogens is 1. The number of rotatable bonds is 4. The molecule has 0 atom stereocenters. The van der Waals surface area contributed by atoms with Crippen LogP contribution in [0.1, 0.15) is 15.9 Å². The van der Waals surface area contributed by atoms with Crippen molar-refractivity contribution < 1.29 is 14.0 Å². The smallest absolute Gasteiger partial charge is 0.258 e. The molecule has 1 aromatic carbocycles. The van der Waals surface area contributed by atoms with Gasteiger partial charge in [0.2, 0.25) is 5.91 Å². The third kappa shape index (κ3) is 3.85. The second-order valence-corrected chi connectivity index (χ2v) is 4.36. The van der Waals surface area contributed by atoms with Crippen LogP contribution < -0.4 is 10.6 Å². The maximum Gasteiger partial charge on any atom is 0.258 e. The summed E-state index contributed by atoms with van der Waals surface area (Å²) in [5.41, 5.74) is 1.28. The fraction of sp³-hybridized carbons (Fsp3) is 0.133. The molecule has 5 nitrogen and oxygen atoms in total. The van der Waals surface area contributed by atoms with Crippen molar-refractivity contribution in [2.75, 3.05) is 12.4 Å². The van der Waals surface area contributed by atoms with Crippen LogP contribution in [-0.4, -0.2) is 23.8 Å². The van der Waals surface area contributed by atoms with Gasteiger partial charge in [-0.15, -0.1) is 0 Å². The summed E-state index contributed by atoms with van der Waals surface area (Å²) < 4.78 is 13.4. The highest BCUT2D eigenvalue weighted by atomic mass is 19.1. The fourth-order valence-corrected chi connectivity index (χ4v) is 1.74. The third-order valence-electron chi connectivity index (χ3n) is 2.87. The first-order valence-electron chi connectivity index (χ1n) is 6.30. The van der Waals surface area contributed by atoms with Crippen molar-refractivity contribution >= 4 is 17.5 Å². The average molecular weight is 287 g/mol. The number of amides is 2. The van der Waals surface area contributed by atoms with Crippen LogP contribution in [0.15, 0.2) is 42.7 Å². The lowest BCUT2D eigenvalue weighted by Gasteiger charge is -2.07. The second kappa shape index (κ2) is 6.60. The molecule has 2 N–H and O–H groups in total. The molecule has 21 heavy (non-hydrogen) atoms. The fourth-order valence-electron chi connectivity index (χ4n) is 1.74. The molecule has 108 valence electrons. The predicted molar refractivity (Wildman–Crippen MR) is 76.4 cm³/mol. The maximum atomic E-state index is 13.4. The van der Waals surface area contributed by atoms with Gasteiger partial charge in [-0.3, -0.25) is 14.6 Å². The maximum absolute atomic E-state index is 13.4. The standard InChI is InChI=1S/C15H14FN3O2/c1-17-14(20)8-10-2-4-11(5-3-10)19-15(21)12-6-7-18-9-13(12)16/h2-7,9H,8H2,1H3,(H,17,20)(H,19,21). The molecule has 0 unspecified atom stereocenters. The SMILES string of the molecule is CNC(=O)Cc1ccc(NC(=O)c2ccncc2F)cc1. The molecule has 0 saturated carbocycles. The Labute approximate surface area is 121 Å². The first-order valence-corrected chi connectivity index (χ1v) is 6.30. The second-order valence-electron chi connectivity index (χ2n) is 4.36. The largest absolute Gasteiger partial charge is 0.359 e. The van der Waals surface area contributed by atoms with Gasteiger partial charge in [0.05, 0.1) is 18.2 Å². The molecule has 0 spiro atoms. The molecule has 2 rings (SSSR count). The zero-order chi connectivity index (χ0) is 15.2. The van der Waals surface area contributed by atoms with E-state index in [2.05, 4.69) is 15.6 Å². The van der Waals surface area contributed by atoms with Gasteiger partial charge in [0, 0.05) is 18.9 Å². The van der Waals surface area contributed by atoms with Crippen molar-refractivity contribution in [3.05, 3.63) is 59.7 Å². The quantitative estimate of drug-likeness (QED) is 0.900. The summed E-state index contributed by atoms with van der Waals surface area (Å²) in [7, 11) is 1.57. The number of nitrogens with zero attached hydrogens (tertiary/aromatic N) is 1. The van der Waals surface area contributed by atoms with E-state index >= 15 is 0 Å². The number of carbonyl (C=O) groups excluding carboxylic acids is 2. The van der Waals surface area contributed by atoms with E-state index in [0.29, 0.717) is 5.69 Å². The van der Waals surface area contributed by atoms with E-state index in [-0.39, 0.29) is 17.9 Å². The van der Waals surface area contributed by atoms with Gasteiger partial charge < -0.3 is 10.6 Å². The minimum Gasteiger partial charge on any atom is -0.359 e. The number of hydrogen-bond acceptors (Lipinski definition) is 3. The van der Waals surface area contributed by atoms with Gasteiger partial charge in [-0.05, 0) is 23.8 Å². The molecule has 1 aromatic heterocycles. The van der Waals surface area contributed by atoms with Gasteiger partial charge in [0.25, 0.3) is 5.91 Å². The van der Waals surface area contributed by atoms with E-state index in [1.54, 1.807) is 31.3 Å². The Balaban J connectivity index is 2.05. The minimum atomic E-state index is -0.675. The first kappa shape index (κ1) is 14.6. The van der Waals surface area contributed by atoms with Gasteiger partial charge >= 0.3 is 0 Å². The Kier molecular flexibility index (Phi) is 4.61. The zero-order valence-electron chi connectivity index (χ0n) is 11.4. The van der Waals surface area contributed by atoms with Crippen LogP contribution in [0.5, 0.6) is 0 Å². The number of nitrogens with one attached hydrogen (secondary N) is 2. The lowest BCUT2D eigenvalue weighted by Crippen LogP contribution is -2.19. The van der Waals surface area contributed by atoms with Crippen molar-refractivity contribution in [2.45, 2.75) is 6.42 Å². The Hall–Kier alpha value is -2.76. The zero-order valence-corrected chi connectivity index (χ0v) is 11.4. The summed E-state index contributed by atoms with van der Waals surface area (Å²) in [4.78, 5) is 26.7. The van der Waals surface area contributed by atoms with Crippen LogP contribution in [0, 0.1) is 5.82 Å². The van der Waals surface area contributed by atoms with Crippen molar-refractivity contribution in [3.8, 4) is 0 Å². The van der Waals surface area contributed by atoms with Gasteiger partial charge in [-0.2, -0.15) is 0 Å². The molecular weight excluding hydrogens is 273 g/mol. The Bertz CT molecular complexity index is 656. The summed E-state index contributed by atoms with van der Waals surface area (Å²) in [6.45, 7) is 0. The summed E-state index contributed by atoms with van der Waals surface area (Å²) in [6, 6.07) is 8.09. The molecule has 0 aliphatic rings. The Morgan fingerprint density at radius 3 is 2.52 bits per heavy atom. The van der Waals surface area contributed by atoms with Gasteiger partial charge in [0.1, 0.15) is 0 Å². The van der Waals surface area contributed by atoms with Crippen molar-refractivity contribution in [3.63, 3.8) is 0 Å². The molecule has 0 radical (unpaired) electrons. The highest BCUT2D eigenvalue weighted by Gasteiger charge is 2.11. The number of hydrogen-bond donors (Lipinski definition) is 2. The highest BCUT2D eigenvalue weighted by Crippen LogP contribution is 2.13. The lowest BCUT2D eigenvalue weighted by molar-refractivity contribution is -0.119. The van der Waals surface area contributed by atoms with Crippen LogP contribution in [0.4, 0.5) is 10.1 Å². The molecule has 1 heterocycles. The van der Waals surface area contributed by atoms with E-state index in [0.717, 1.165) is 11.8 Å². The predicted octanol–water partition coefficient (Wildman–Crippen LogP) is 1.76. The first-order chi connectivity index (χ1) is 10.1. The molecule has 0 bridgehead atoms. The molecule has 6 heteroatoms. The number of aromatic nitrogens is 1.